The first-order valence-corrected chi connectivity index (χ1v) is 15.5. The largest absolute Gasteiger partial charge is 0.494 e. The molecule has 0 spiro atoms. The van der Waals surface area contributed by atoms with Crippen LogP contribution >= 0.6 is 0 Å². The Labute approximate surface area is 231 Å². The Hall–Kier alpha value is -3.14. The molecule has 3 rings (SSSR count). The van der Waals surface area contributed by atoms with Crippen LogP contribution in [0.5, 0.6) is 5.75 Å². The number of nitrogens with one attached hydrogen (secondary N) is 1. The van der Waals surface area contributed by atoms with Crippen molar-refractivity contribution in [3.8, 4) is 5.75 Å². The molecule has 10 heteroatoms. The van der Waals surface area contributed by atoms with Gasteiger partial charge in [0.05, 0.1) is 18.6 Å². The number of amides is 2. The van der Waals surface area contributed by atoms with Crippen molar-refractivity contribution in [3.63, 3.8) is 0 Å². The summed E-state index contributed by atoms with van der Waals surface area (Å²) in [7, 11) is -3.59. The monoisotopic (exact) mass is 561 g/mol. The van der Waals surface area contributed by atoms with Crippen molar-refractivity contribution in [2.75, 3.05) is 23.7 Å². The van der Waals surface area contributed by atoms with Gasteiger partial charge in [-0.3, -0.25) is 13.9 Å². The van der Waals surface area contributed by atoms with Gasteiger partial charge in [0.1, 0.15) is 17.6 Å². The lowest BCUT2D eigenvalue weighted by atomic mass is 10.1. The number of hydrogen-bond donors (Lipinski definition) is 1. The van der Waals surface area contributed by atoms with E-state index in [-0.39, 0.29) is 49.6 Å². The summed E-state index contributed by atoms with van der Waals surface area (Å²) < 4.78 is 45.3. The highest BCUT2D eigenvalue weighted by Gasteiger charge is 2.30. The van der Waals surface area contributed by atoms with Gasteiger partial charge in [-0.1, -0.05) is 31.9 Å². The second-order valence-electron chi connectivity index (χ2n) is 9.93. The Kier molecular flexibility index (Phi) is 11.2. The van der Waals surface area contributed by atoms with Gasteiger partial charge in [0.2, 0.25) is 21.8 Å². The highest BCUT2D eigenvalue weighted by molar-refractivity contribution is 7.92. The Balaban J connectivity index is 1.73. The lowest BCUT2D eigenvalue weighted by molar-refractivity contribution is -0.141. The van der Waals surface area contributed by atoms with Crippen molar-refractivity contribution in [1.29, 1.82) is 0 Å². The van der Waals surface area contributed by atoms with E-state index in [0.717, 1.165) is 31.9 Å². The number of hydrogen-bond acceptors (Lipinski definition) is 5. The van der Waals surface area contributed by atoms with Gasteiger partial charge in [0.25, 0.3) is 0 Å². The summed E-state index contributed by atoms with van der Waals surface area (Å²) in [6.07, 6.45) is 5.88. The number of rotatable bonds is 14. The fraction of sp³-hybridized carbons (Fsp3) is 0.517. The van der Waals surface area contributed by atoms with Crippen LogP contribution in [0.2, 0.25) is 0 Å². The first-order valence-electron chi connectivity index (χ1n) is 13.7. The second-order valence-corrected chi connectivity index (χ2v) is 11.8. The Bertz CT molecular complexity index is 1180. The van der Waals surface area contributed by atoms with Gasteiger partial charge in [-0.05, 0) is 74.6 Å². The van der Waals surface area contributed by atoms with E-state index in [1.807, 2.05) is 13.8 Å². The van der Waals surface area contributed by atoms with Crippen LogP contribution in [0.15, 0.2) is 48.5 Å². The summed E-state index contributed by atoms with van der Waals surface area (Å²) in [5, 5.41) is 3.10. The number of carbonyl (C=O) groups excluding carboxylic acids is 2. The summed E-state index contributed by atoms with van der Waals surface area (Å²) in [4.78, 5) is 28.3. The molecule has 39 heavy (non-hydrogen) atoms. The van der Waals surface area contributed by atoms with Crippen molar-refractivity contribution in [1.82, 2.24) is 10.2 Å². The maximum atomic E-state index is 13.5. The van der Waals surface area contributed by atoms with Crippen LogP contribution in [0.25, 0.3) is 0 Å². The predicted octanol–water partition coefficient (Wildman–Crippen LogP) is 4.64. The van der Waals surface area contributed by atoms with Crippen molar-refractivity contribution >= 4 is 27.5 Å². The molecule has 0 aliphatic heterocycles. The van der Waals surface area contributed by atoms with E-state index in [0.29, 0.717) is 30.0 Å². The SMILES string of the molecule is CCOc1ccc(N(CCCC(=O)N(Cc2ccc(F)cc2)[C@H](CC)C(=O)NC2CCCC2)S(C)(=O)=O)cc1. The van der Waals surface area contributed by atoms with Gasteiger partial charge in [0.15, 0.2) is 0 Å². The Morgan fingerprint density at radius 1 is 1.05 bits per heavy atom. The van der Waals surface area contributed by atoms with Crippen LogP contribution in [-0.4, -0.2) is 56.6 Å². The molecule has 0 aromatic heterocycles. The first kappa shape index (κ1) is 30.4. The fourth-order valence-electron chi connectivity index (χ4n) is 4.95. The number of carbonyl (C=O) groups is 2. The molecule has 0 heterocycles. The smallest absolute Gasteiger partial charge is 0.243 e. The second kappa shape index (κ2) is 14.3. The van der Waals surface area contributed by atoms with Gasteiger partial charge < -0.3 is 15.0 Å². The summed E-state index contributed by atoms with van der Waals surface area (Å²) in [5.74, 6) is -0.180. The van der Waals surface area contributed by atoms with Crippen LogP contribution in [-0.2, 0) is 26.2 Å². The van der Waals surface area contributed by atoms with Crippen molar-refractivity contribution in [2.45, 2.75) is 77.4 Å². The molecule has 1 atom stereocenters. The molecule has 0 radical (unpaired) electrons. The molecule has 1 aliphatic carbocycles. The van der Waals surface area contributed by atoms with Gasteiger partial charge in [-0.15, -0.1) is 0 Å². The van der Waals surface area contributed by atoms with Gasteiger partial charge in [-0.25, -0.2) is 12.8 Å². The molecule has 0 unspecified atom stereocenters. The third-order valence-electron chi connectivity index (χ3n) is 6.94. The Morgan fingerprint density at radius 3 is 2.26 bits per heavy atom. The third-order valence-corrected chi connectivity index (χ3v) is 8.14. The van der Waals surface area contributed by atoms with E-state index in [1.165, 1.54) is 16.4 Å². The zero-order valence-electron chi connectivity index (χ0n) is 23.1. The van der Waals surface area contributed by atoms with E-state index in [2.05, 4.69) is 5.32 Å². The quantitative estimate of drug-likeness (QED) is 0.363. The van der Waals surface area contributed by atoms with Crippen LogP contribution in [0.4, 0.5) is 10.1 Å². The van der Waals surface area contributed by atoms with E-state index in [4.69, 9.17) is 4.74 Å². The molecule has 0 bridgehead atoms. The molecular formula is C29H40FN3O5S. The number of halogens is 1. The summed E-state index contributed by atoms with van der Waals surface area (Å²) in [6.45, 7) is 4.50. The zero-order chi connectivity index (χ0) is 28.4. The van der Waals surface area contributed by atoms with Gasteiger partial charge in [-0.2, -0.15) is 0 Å². The first-order chi connectivity index (χ1) is 18.6. The van der Waals surface area contributed by atoms with Crippen molar-refractivity contribution < 1.29 is 27.1 Å². The molecule has 0 saturated heterocycles. The lowest BCUT2D eigenvalue weighted by Crippen LogP contribution is -2.51. The van der Waals surface area contributed by atoms with Crippen molar-refractivity contribution in [3.05, 3.63) is 59.9 Å². The minimum Gasteiger partial charge on any atom is -0.494 e. The molecule has 1 N–H and O–H groups in total. The topological polar surface area (TPSA) is 96.0 Å². The minimum absolute atomic E-state index is 0.0530. The molecular weight excluding hydrogens is 521 g/mol. The van der Waals surface area contributed by atoms with Gasteiger partial charge in [0, 0.05) is 25.6 Å². The molecule has 1 saturated carbocycles. The molecule has 214 valence electrons. The highest BCUT2D eigenvalue weighted by Crippen LogP contribution is 2.23. The number of sulfonamides is 1. The van der Waals surface area contributed by atoms with Crippen LogP contribution in [0.1, 0.15) is 64.4 Å². The molecule has 2 amide bonds. The van der Waals surface area contributed by atoms with Crippen LogP contribution < -0.4 is 14.4 Å². The van der Waals surface area contributed by atoms with Crippen molar-refractivity contribution in [2.24, 2.45) is 0 Å². The fourth-order valence-corrected chi connectivity index (χ4v) is 5.92. The average molecular weight is 562 g/mol. The average Bonchev–Trinajstić information content (AvgIpc) is 3.40. The van der Waals surface area contributed by atoms with E-state index >= 15 is 0 Å². The maximum Gasteiger partial charge on any atom is 0.243 e. The van der Waals surface area contributed by atoms with E-state index < -0.39 is 16.1 Å². The standard InChI is InChI=1S/C29H40FN3O5S/c1-4-27(29(35)31-24-9-6-7-10-24)32(21-22-12-14-23(30)15-13-22)28(34)11-8-20-33(39(3,36)37)25-16-18-26(19-17-25)38-5-2/h12-19,24,27H,4-11,20-21H2,1-3H3,(H,31,35)/t27-/m1/s1. The molecule has 2 aromatic carbocycles. The number of anilines is 1. The number of ether oxygens (including phenoxy) is 1. The highest BCUT2D eigenvalue weighted by atomic mass is 32.2. The normalized spacial score (nSPS) is 14.6. The van der Waals surface area contributed by atoms with Crippen LogP contribution in [0.3, 0.4) is 0 Å². The van der Waals surface area contributed by atoms with Gasteiger partial charge >= 0.3 is 0 Å². The summed E-state index contributed by atoms with van der Waals surface area (Å²) in [6, 6.07) is 12.1. The van der Waals surface area contributed by atoms with E-state index in [9.17, 15) is 22.4 Å². The molecule has 1 aliphatic rings. The molecule has 8 nitrogen and oxygen atoms in total. The number of benzene rings is 2. The predicted molar refractivity (Wildman–Crippen MR) is 150 cm³/mol. The van der Waals surface area contributed by atoms with E-state index in [1.54, 1.807) is 41.3 Å². The molecule has 2 aromatic rings. The minimum atomic E-state index is -3.59. The van der Waals surface area contributed by atoms with Crippen LogP contribution in [0, 0.1) is 5.82 Å². The molecule has 1 fully saturated rings. The lowest BCUT2D eigenvalue weighted by Gasteiger charge is -2.32. The summed E-state index contributed by atoms with van der Waals surface area (Å²) in [5.41, 5.74) is 1.20. The summed E-state index contributed by atoms with van der Waals surface area (Å²) >= 11 is 0. The number of nitrogens with zero attached hydrogens (tertiary/aromatic N) is 2. The zero-order valence-corrected chi connectivity index (χ0v) is 23.9. The Morgan fingerprint density at radius 2 is 1.69 bits per heavy atom. The maximum absolute atomic E-state index is 13.5. The third kappa shape index (κ3) is 8.95.